The van der Waals surface area contributed by atoms with Crippen LogP contribution in [-0.4, -0.2) is 19.6 Å². The standard InChI is InChI=1S/C7H14N2O/c1-4-6(2)5-9-7(10)8-3/h2,4-5H2,1,3H3,(H2,8,9,10). The number of amides is 2. The molecule has 0 heterocycles. The van der Waals surface area contributed by atoms with E-state index in [1.165, 1.54) is 0 Å². The molecular weight excluding hydrogens is 128 g/mol. The molecule has 3 heteroatoms. The Morgan fingerprint density at radius 2 is 2.20 bits per heavy atom. The van der Waals surface area contributed by atoms with Crippen LogP contribution in [0.4, 0.5) is 4.79 Å². The zero-order valence-electron chi connectivity index (χ0n) is 6.53. The number of hydrogen-bond acceptors (Lipinski definition) is 1. The topological polar surface area (TPSA) is 41.1 Å². The van der Waals surface area contributed by atoms with Crippen molar-refractivity contribution < 1.29 is 4.79 Å². The highest BCUT2D eigenvalue weighted by Gasteiger charge is 1.94. The van der Waals surface area contributed by atoms with Crippen LogP contribution in [0.5, 0.6) is 0 Å². The van der Waals surface area contributed by atoms with Gasteiger partial charge in [0, 0.05) is 13.6 Å². The Morgan fingerprint density at radius 3 is 2.60 bits per heavy atom. The van der Waals surface area contributed by atoms with Crippen molar-refractivity contribution >= 4 is 6.03 Å². The Hall–Kier alpha value is -0.990. The minimum Gasteiger partial charge on any atom is -0.341 e. The van der Waals surface area contributed by atoms with Crippen molar-refractivity contribution in [3.8, 4) is 0 Å². The van der Waals surface area contributed by atoms with E-state index in [1.807, 2.05) is 6.92 Å². The highest BCUT2D eigenvalue weighted by molar-refractivity contribution is 5.73. The van der Waals surface area contributed by atoms with Crippen molar-refractivity contribution in [1.29, 1.82) is 0 Å². The summed E-state index contributed by atoms with van der Waals surface area (Å²) in [6, 6.07) is -0.158. The molecule has 0 aromatic heterocycles. The van der Waals surface area contributed by atoms with E-state index in [2.05, 4.69) is 17.2 Å². The van der Waals surface area contributed by atoms with E-state index in [0.29, 0.717) is 6.54 Å². The molecule has 2 N–H and O–H groups in total. The van der Waals surface area contributed by atoms with Gasteiger partial charge in [0.1, 0.15) is 0 Å². The third-order valence-electron chi connectivity index (χ3n) is 1.23. The molecule has 0 rings (SSSR count). The number of carbonyl (C=O) groups is 1. The van der Waals surface area contributed by atoms with Crippen LogP contribution < -0.4 is 10.6 Å². The lowest BCUT2D eigenvalue weighted by atomic mass is 10.2. The smallest absolute Gasteiger partial charge is 0.314 e. The maximum absolute atomic E-state index is 10.6. The maximum Gasteiger partial charge on any atom is 0.314 e. The first-order chi connectivity index (χ1) is 4.70. The van der Waals surface area contributed by atoms with Gasteiger partial charge in [-0.2, -0.15) is 0 Å². The summed E-state index contributed by atoms with van der Waals surface area (Å²) < 4.78 is 0. The lowest BCUT2D eigenvalue weighted by Crippen LogP contribution is -2.33. The molecule has 0 saturated carbocycles. The van der Waals surface area contributed by atoms with Crippen LogP contribution in [-0.2, 0) is 0 Å². The van der Waals surface area contributed by atoms with E-state index in [-0.39, 0.29) is 6.03 Å². The second-order valence-electron chi connectivity index (χ2n) is 2.04. The fourth-order valence-corrected chi connectivity index (χ4v) is 0.419. The van der Waals surface area contributed by atoms with Crippen molar-refractivity contribution in [2.24, 2.45) is 0 Å². The average molecular weight is 142 g/mol. The van der Waals surface area contributed by atoms with Crippen LogP contribution >= 0.6 is 0 Å². The summed E-state index contributed by atoms with van der Waals surface area (Å²) in [6.45, 7) is 6.31. The molecule has 0 unspecified atom stereocenters. The predicted molar refractivity (Wildman–Crippen MR) is 41.9 cm³/mol. The van der Waals surface area contributed by atoms with E-state index < -0.39 is 0 Å². The highest BCUT2D eigenvalue weighted by Crippen LogP contribution is 1.91. The Bertz CT molecular complexity index is 116. The van der Waals surface area contributed by atoms with Crippen molar-refractivity contribution in [3.05, 3.63) is 12.2 Å². The van der Waals surface area contributed by atoms with Crippen LogP contribution in [0.2, 0.25) is 0 Å². The molecule has 0 aromatic carbocycles. The van der Waals surface area contributed by atoms with Gasteiger partial charge >= 0.3 is 6.03 Å². The summed E-state index contributed by atoms with van der Waals surface area (Å²) in [6.07, 6.45) is 0.907. The molecule has 10 heavy (non-hydrogen) atoms. The average Bonchev–Trinajstić information content (AvgIpc) is 1.99. The van der Waals surface area contributed by atoms with Crippen LogP contribution in [0, 0.1) is 0 Å². The van der Waals surface area contributed by atoms with Gasteiger partial charge in [0.15, 0.2) is 0 Å². The van der Waals surface area contributed by atoms with E-state index in [4.69, 9.17) is 0 Å². The van der Waals surface area contributed by atoms with Gasteiger partial charge in [-0.1, -0.05) is 19.1 Å². The van der Waals surface area contributed by atoms with Gasteiger partial charge < -0.3 is 10.6 Å². The molecule has 0 aliphatic heterocycles. The third-order valence-corrected chi connectivity index (χ3v) is 1.23. The molecule has 0 radical (unpaired) electrons. The van der Waals surface area contributed by atoms with Gasteiger partial charge in [0.05, 0.1) is 0 Å². The van der Waals surface area contributed by atoms with Crippen molar-refractivity contribution in [2.45, 2.75) is 13.3 Å². The molecule has 0 aromatic rings. The maximum atomic E-state index is 10.6. The monoisotopic (exact) mass is 142 g/mol. The Balaban J connectivity index is 3.35. The SMILES string of the molecule is C=C(CC)CNC(=O)NC. The second kappa shape index (κ2) is 4.85. The summed E-state index contributed by atoms with van der Waals surface area (Å²) in [5.74, 6) is 0. The summed E-state index contributed by atoms with van der Waals surface area (Å²) >= 11 is 0. The Labute approximate surface area is 61.5 Å². The molecule has 0 bridgehead atoms. The summed E-state index contributed by atoms with van der Waals surface area (Å²) in [5, 5.41) is 5.09. The molecule has 58 valence electrons. The zero-order valence-corrected chi connectivity index (χ0v) is 6.53. The largest absolute Gasteiger partial charge is 0.341 e. The summed E-state index contributed by atoms with van der Waals surface area (Å²) in [4.78, 5) is 10.6. The first kappa shape index (κ1) is 9.01. The van der Waals surface area contributed by atoms with E-state index in [0.717, 1.165) is 12.0 Å². The number of hydrogen-bond donors (Lipinski definition) is 2. The molecule has 2 amide bonds. The van der Waals surface area contributed by atoms with Gasteiger partial charge in [-0.15, -0.1) is 0 Å². The molecule has 0 fully saturated rings. The fraction of sp³-hybridized carbons (Fsp3) is 0.571. The lowest BCUT2D eigenvalue weighted by molar-refractivity contribution is 0.243. The fourth-order valence-electron chi connectivity index (χ4n) is 0.419. The number of rotatable bonds is 3. The summed E-state index contributed by atoms with van der Waals surface area (Å²) in [7, 11) is 1.59. The number of nitrogens with one attached hydrogen (secondary N) is 2. The van der Waals surface area contributed by atoms with Gasteiger partial charge in [-0.3, -0.25) is 0 Å². The molecule has 0 spiro atoms. The van der Waals surface area contributed by atoms with E-state index >= 15 is 0 Å². The molecule has 0 atom stereocenters. The Morgan fingerprint density at radius 1 is 1.60 bits per heavy atom. The molecule has 3 nitrogen and oxygen atoms in total. The number of urea groups is 1. The van der Waals surface area contributed by atoms with Gasteiger partial charge in [-0.25, -0.2) is 4.79 Å². The number of carbonyl (C=O) groups excluding carboxylic acids is 1. The van der Waals surface area contributed by atoms with Crippen LogP contribution in [0.25, 0.3) is 0 Å². The van der Waals surface area contributed by atoms with Crippen molar-refractivity contribution in [1.82, 2.24) is 10.6 Å². The van der Waals surface area contributed by atoms with E-state index in [9.17, 15) is 4.79 Å². The first-order valence-electron chi connectivity index (χ1n) is 3.33. The molecule has 0 aliphatic carbocycles. The van der Waals surface area contributed by atoms with Gasteiger partial charge in [0.25, 0.3) is 0 Å². The normalized spacial score (nSPS) is 8.60. The first-order valence-corrected chi connectivity index (χ1v) is 3.33. The summed E-state index contributed by atoms with van der Waals surface area (Å²) in [5.41, 5.74) is 1.03. The second-order valence-corrected chi connectivity index (χ2v) is 2.04. The Kier molecular flexibility index (Phi) is 4.37. The lowest BCUT2D eigenvalue weighted by Gasteiger charge is -2.03. The van der Waals surface area contributed by atoms with Gasteiger partial charge in [0.2, 0.25) is 0 Å². The van der Waals surface area contributed by atoms with E-state index in [1.54, 1.807) is 7.05 Å². The molecular formula is C7H14N2O. The highest BCUT2D eigenvalue weighted by atomic mass is 16.2. The minimum atomic E-state index is -0.158. The quantitative estimate of drug-likeness (QED) is 0.564. The zero-order chi connectivity index (χ0) is 7.98. The van der Waals surface area contributed by atoms with Crippen molar-refractivity contribution in [3.63, 3.8) is 0 Å². The van der Waals surface area contributed by atoms with Crippen molar-refractivity contribution in [2.75, 3.05) is 13.6 Å². The van der Waals surface area contributed by atoms with Crippen LogP contribution in [0.15, 0.2) is 12.2 Å². The van der Waals surface area contributed by atoms with Crippen LogP contribution in [0.1, 0.15) is 13.3 Å². The van der Waals surface area contributed by atoms with Gasteiger partial charge in [-0.05, 0) is 6.42 Å². The predicted octanol–water partition coefficient (Wildman–Crippen LogP) is 0.882. The third kappa shape index (κ3) is 3.95. The molecule has 0 aliphatic rings. The molecule has 0 saturated heterocycles. The van der Waals surface area contributed by atoms with Crippen LogP contribution in [0.3, 0.4) is 0 Å². The minimum absolute atomic E-state index is 0.158.